The summed E-state index contributed by atoms with van der Waals surface area (Å²) in [6.07, 6.45) is 4.39. The van der Waals surface area contributed by atoms with Gasteiger partial charge in [-0.15, -0.1) is 23.1 Å². The number of rotatable bonds is 5. The molecule has 1 aliphatic heterocycles. The standard InChI is InChI=1S/C22H32N4O4S2/c1-21(2,3)14-10-24-15(29-14)12-31-16-11-25-19(32-16)17-13(18(23)27)8-7-9-26(17)20(28)30-22(4,5)6/h10-11,13,17H,7-9,12H2,1-6H3,(H2,23,27). The van der Waals surface area contributed by atoms with Crippen molar-refractivity contribution in [3.8, 4) is 0 Å². The number of carbonyl (C=O) groups is 2. The molecule has 0 aromatic carbocycles. The molecule has 0 saturated carbocycles. The molecule has 3 heterocycles. The molecule has 176 valence electrons. The number of aromatic nitrogens is 2. The van der Waals surface area contributed by atoms with Crippen molar-refractivity contribution in [2.24, 2.45) is 11.7 Å². The molecule has 2 unspecified atom stereocenters. The SMILES string of the molecule is CC(C)(C)OC(=O)N1CCCC(C(N)=O)C1c1ncc(SCc2ncc(C(C)(C)C)o2)s1. The molecule has 32 heavy (non-hydrogen) atoms. The molecule has 1 saturated heterocycles. The largest absolute Gasteiger partial charge is 0.444 e. The van der Waals surface area contributed by atoms with Gasteiger partial charge in [0.05, 0.1) is 34.3 Å². The predicted octanol–water partition coefficient (Wildman–Crippen LogP) is 4.89. The first-order valence-electron chi connectivity index (χ1n) is 10.7. The Hall–Kier alpha value is -2.07. The number of nitrogens with zero attached hydrogens (tertiary/aromatic N) is 3. The topological polar surface area (TPSA) is 112 Å². The average Bonchev–Trinajstić information content (AvgIpc) is 3.33. The quantitative estimate of drug-likeness (QED) is 0.606. The predicted molar refractivity (Wildman–Crippen MR) is 124 cm³/mol. The molecule has 10 heteroatoms. The van der Waals surface area contributed by atoms with E-state index in [2.05, 4.69) is 30.7 Å². The molecular formula is C22H32N4O4S2. The molecule has 0 aliphatic carbocycles. The molecule has 8 nitrogen and oxygen atoms in total. The fraction of sp³-hybridized carbons (Fsp3) is 0.636. The molecule has 2 aromatic rings. The zero-order valence-electron chi connectivity index (χ0n) is 19.5. The summed E-state index contributed by atoms with van der Waals surface area (Å²) >= 11 is 3.02. The third kappa shape index (κ3) is 6.04. The number of hydrogen-bond donors (Lipinski definition) is 1. The molecule has 0 radical (unpaired) electrons. The van der Waals surface area contributed by atoms with Crippen LogP contribution in [0.1, 0.15) is 77.1 Å². The van der Waals surface area contributed by atoms with E-state index in [0.29, 0.717) is 36.0 Å². The smallest absolute Gasteiger partial charge is 0.410 e. The van der Waals surface area contributed by atoms with Crippen LogP contribution in [0.5, 0.6) is 0 Å². The number of primary amides is 1. The van der Waals surface area contributed by atoms with Crippen LogP contribution in [0.15, 0.2) is 21.0 Å². The summed E-state index contributed by atoms with van der Waals surface area (Å²) < 4.78 is 12.4. The van der Waals surface area contributed by atoms with Crippen LogP contribution in [-0.4, -0.2) is 39.0 Å². The van der Waals surface area contributed by atoms with Gasteiger partial charge in [0.1, 0.15) is 16.4 Å². The fourth-order valence-corrected chi connectivity index (χ4v) is 5.48. The van der Waals surface area contributed by atoms with E-state index in [9.17, 15) is 9.59 Å². The molecule has 1 aliphatic rings. The van der Waals surface area contributed by atoms with Crippen LogP contribution in [0.4, 0.5) is 4.79 Å². The first-order valence-corrected chi connectivity index (χ1v) is 12.5. The second-order valence-corrected chi connectivity index (χ2v) is 12.3. The molecule has 0 bridgehead atoms. The maximum absolute atomic E-state index is 12.9. The Morgan fingerprint density at radius 1 is 1.25 bits per heavy atom. The minimum absolute atomic E-state index is 0.0938. The van der Waals surface area contributed by atoms with Gasteiger partial charge in [-0.25, -0.2) is 14.8 Å². The van der Waals surface area contributed by atoms with Gasteiger partial charge in [-0.05, 0) is 33.6 Å². The number of nitrogens with two attached hydrogens (primary N) is 1. The van der Waals surface area contributed by atoms with Crippen molar-refractivity contribution in [2.45, 2.75) is 81.4 Å². The van der Waals surface area contributed by atoms with Gasteiger partial charge in [-0.2, -0.15) is 0 Å². The summed E-state index contributed by atoms with van der Waals surface area (Å²) in [5, 5.41) is 0.685. The monoisotopic (exact) mass is 480 g/mol. The Labute approximate surface area is 197 Å². The lowest BCUT2D eigenvalue weighted by molar-refractivity contribution is -0.125. The van der Waals surface area contributed by atoms with Crippen molar-refractivity contribution in [1.29, 1.82) is 0 Å². The van der Waals surface area contributed by atoms with Crippen molar-refractivity contribution in [2.75, 3.05) is 6.54 Å². The van der Waals surface area contributed by atoms with E-state index in [1.165, 1.54) is 11.3 Å². The average molecular weight is 481 g/mol. The van der Waals surface area contributed by atoms with Crippen LogP contribution in [-0.2, 0) is 20.7 Å². The van der Waals surface area contributed by atoms with Crippen LogP contribution in [0.25, 0.3) is 0 Å². The number of amides is 2. The number of thiazole rings is 1. The molecule has 2 atom stereocenters. The van der Waals surface area contributed by atoms with E-state index < -0.39 is 29.6 Å². The number of piperidine rings is 1. The molecule has 2 N–H and O–H groups in total. The Morgan fingerprint density at radius 2 is 1.97 bits per heavy atom. The van der Waals surface area contributed by atoms with Gasteiger partial charge in [0.15, 0.2) is 0 Å². The summed E-state index contributed by atoms with van der Waals surface area (Å²) in [4.78, 5) is 35.6. The normalized spacial score (nSPS) is 19.8. The van der Waals surface area contributed by atoms with Gasteiger partial charge < -0.3 is 14.9 Å². The molecular weight excluding hydrogens is 448 g/mol. The summed E-state index contributed by atoms with van der Waals surface area (Å²) in [5.74, 6) is 1.14. The first kappa shape index (κ1) is 24.6. The van der Waals surface area contributed by atoms with E-state index in [0.717, 1.165) is 9.97 Å². The fourth-order valence-electron chi connectivity index (χ4n) is 3.46. The highest BCUT2D eigenvalue weighted by Gasteiger charge is 2.41. The van der Waals surface area contributed by atoms with Crippen LogP contribution >= 0.6 is 23.1 Å². The third-order valence-electron chi connectivity index (χ3n) is 5.01. The summed E-state index contributed by atoms with van der Waals surface area (Å²) in [5.41, 5.74) is 4.97. The van der Waals surface area contributed by atoms with E-state index in [4.69, 9.17) is 14.9 Å². The van der Waals surface area contributed by atoms with E-state index in [1.807, 2.05) is 20.8 Å². The van der Waals surface area contributed by atoms with Gasteiger partial charge in [-0.3, -0.25) is 9.69 Å². The van der Waals surface area contributed by atoms with Crippen molar-refractivity contribution in [3.05, 3.63) is 29.1 Å². The van der Waals surface area contributed by atoms with Gasteiger partial charge in [0.25, 0.3) is 0 Å². The van der Waals surface area contributed by atoms with E-state index >= 15 is 0 Å². The highest BCUT2D eigenvalue weighted by molar-refractivity contribution is 8.00. The number of likely N-dealkylation sites (tertiary alicyclic amines) is 1. The Kier molecular flexibility index (Phi) is 7.24. The number of hydrogen-bond acceptors (Lipinski definition) is 8. The van der Waals surface area contributed by atoms with Crippen molar-refractivity contribution < 1.29 is 18.7 Å². The maximum Gasteiger partial charge on any atom is 0.410 e. The lowest BCUT2D eigenvalue weighted by Crippen LogP contribution is -2.48. The van der Waals surface area contributed by atoms with Crippen LogP contribution in [0.3, 0.4) is 0 Å². The van der Waals surface area contributed by atoms with E-state index in [1.54, 1.807) is 29.1 Å². The van der Waals surface area contributed by atoms with Crippen molar-refractivity contribution >= 4 is 35.1 Å². The summed E-state index contributed by atoms with van der Waals surface area (Å²) in [6, 6.07) is -0.523. The molecule has 2 amide bonds. The molecule has 3 rings (SSSR count). The molecule has 1 fully saturated rings. The Balaban J connectivity index is 1.77. The van der Waals surface area contributed by atoms with Crippen molar-refractivity contribution in [1.82, 2.24) is 14.9 Å². The van der Waals surface area contributed by atoms with Gasteiger partial charge in [0.2, 0.25) is 11.8 Å². The van der Waals surface area contributed by atoms with Crippen molar-refractivity contribution in [3.63, 3.8) is 0 Å². The number of oxazole rings is 1. The van der Waals surface area contributed by atoms with Gasteiger partial charge >= 0.3 is 6.09 Å². The highest BCUT2D eigenvalue weighted by Crippen LogP contribution is 2.41. The van der Waals surface area contributed by atoms with Crippen LogP contribution < -0.4 is 5.73 Å². The zero-order valence-corrected chi connectivity index (χ0v) is 21.1. The zero-order chi connectivity index (χ0) is 23.7. The minimum atomic E-state index is -0.632. The third-order valence-corrected chi connectivity index (χ3v) is 7.26. The number of carbonyl (C=O) groups excluding carboxylic acids is 2. The summed E-state index contributed by atoms with van der Waals surface area (Å²) in [6.45, 7) is 12.2. The first-order chi connectivity index (χ1) is 14.8. The van der Waals surface area contributed by atoms with Gasteiger partial charge in [0, 0.05) is 12.0 Å². The van der Waals surface area contributed by atoms with Gasteiger partial charge in [-0.1, -0.05) is 20.8 Å². The second-order valence-electron chi connectivity index (χ2n) is 9.94. The van der Waals surface area contributed by atoms with Crippen LogP contribution in [0.2, 0.25) is 0 Å². The van der Waals surface area contributed by atoms with Crippen LogP contribution in [0, 0.1) is 5.92 Å². The molecule has 0 spiro atoms. The second kappa shape index (κ2) is 9.43. The Bertz CT molecular complexity index is 958. The number of ether oxygens (including phenoxy) is 1. The lowest BCUT2D eigenvalue weighted by atomic mass is 9.89. The minimum Gasteiger partial charge on any atom is -0.444 e. The lowest BCUT2D eigenvalue weighted by Gasteiger charge is -2.39. The highest BCUT2D eigenvalue weighted by atomic mass is 32.2. The summed E-state index contributed by atoms with van der Waals surface area (Å²) in [7, 11) is 0. The molecule has 2 aromatic heterocycles. The maximum atomic E-state index is 12.9. The Morgan fingerprint density at radius 3 is 2.56 bits per heavy atom. The van der Waals surface area contributed by atoms with E-state index in [-0.39, 0.29) is 5.41 Å². The number of thioether (sulfide) groups is 1.